The van der Waals surface area contributed by atoms with Gasteiger partial charge in [-0.2, -0.15) is 0 Å². The van der Waals surface area contributed by atoms with Crippen LogP contribution in [0.3, 0.4) is 0 Å². The summed E-state index contributed by atoms with van der Waals surface area (Å²) in [5.41, 5.74) is 0. The van der Waals surface area contributed by atoms with E-state index in [2.05, 4.69) is 10.6 Å². The Bertz CT molecular complexity index is 242. The Morgan fingerprint density at radius 2 is 2.40 bits per heavy atom. The van der Waals surface area contributed by atoms with Crippen LogP contribution in [0.1, 0.15) is 13.3 Å². The lowest BCUT2D eigenvalue weighted by atomic mass is 10.1. The van der Waals surface area contributed by atoms with Gasteiger partial charge < -0.3 is 10.4 Å². The number of carbonyl (C=O) groups is 2. The van der Waals surface area contributed by atoms with Crippen LogP contribution in [0.2, 0.25) is 0 Å². The quantitative estimate of drug-likeness (QED) is 0.616. The molecule has 2 atom stereocenters. The zero-order valence-electron chi connectivity index (χ0n) is 8.66. The molecule has 1 heterocycles. The summed E-state index contributed by atoms with van der Waals surface area (Å²) >= 11 is 1.69. The molecule has 0 aromatic rings. The molecule has 0 aromatic heterocycles. The van der Waals surface area contributed by atoms with Crippen LogP contribution in [0.25, 0.3) is 0 Å². The van der Waals surface area contributed by atoms with E-state index in [4.69, 9.17) is 5.11 Å². The Morgan fingerprint density at radius 1 is 1.67 bits per heavy atom. The standard InChI is InChI=1S/C9H16N2O3S/c1-6(2-8(12)13)3-10-9(14)7-4-15-5-11-7/h6-7,11H,2-5H2,1H3,(H,10,14)(H,12,13). The summed E-state index contributed by atoms with van der Waals surface area (Å²) in [5.74, 6) is 0.714. The number of thioether (sulfide) groups is 1. The normalized spacial score (nSPS) is 22.3. The topological polar surface area (TPSA) is 78.4 Å². The molecule has 1 aliphatic heterocycles. The van der Waals surface area contributed by atoms with E-state index in [0.29, 0.717) is 6.54 Å². The smallest absolute Gasteiger partial charge is 0.303 e. The maximum absolute atomic E-state index is 11.5. The third-order valence-corrected chi connectivity index (χ3v) is 3.12. The van der Waals surface area contributed by atoms with E-state index in [1.54, 1.807) is 11.8 Å². The second-order valence-electron chi connectivity index (χ2n) is 3.72. The second kappa shape index (κ2) is 5.97. The highest BCUT2D eigenvalue weighted by atomic mass is 32.2. The fourth-order valence-corrected chi connectivity index (χ4v) is 2.27. The molecule has 1 saturated heterocycles. The maximum Gasteiger partial charge on any atom is 0.303 e. The van der Waals surface area contributed by atoms with Crippen LogP contribution in [-0.2, 0) is 9.59 Å². The molecule has 0 bridgehead atoms. The fourth-order valence-electron chi connectivity index (χ4n) is 1.33. The summed E-state index contributed by atoms with van der Waals surface area (Å²) in [6.07, 6.45) is 0.0904. The van der Waals surface area contributed by atoms with Crippen LogP contribution in [0, 0.1) is 5.92 Å². The molecule has 3 N–H and O–H groups in total. The summed E-state index contributed by atoms with van der Waals surface area (Å²) in [7, 11) is 0. The molecule has 1 aliphatic rings. The average Bonchev–Trinajstić information content (AvgIpc) is 2.65. The predicted molar refractivity (Wildman–Crippen MR) is 58.7 cm³/mol. The van der Waals surface area contributed by atoms with Crippen molar-refractivity contribution < 1.29 is 14.7 Å². The second-order valence-corrected chi connectivity index (χ2v) is 4.75. The van der Waals surface area contributed by atoms with E-state index in [0.717, 1.165) is 11.6 Å². The summed E-state index contributed by atoms with van der Waals surface area (Å²) in [6, 6.07) is -0.118. The third-order valence-electron chi connectivity index (χ3n) is 2.18. The summed E-state index contributed by atoms with van der Waals surface area (Å²) in [5, 5.41) is 14.3. The lowest BCUT2D eigenvalue weighted by Gasteiger charge is -2.13. The van der Waals surface area contributed by atoms with Crippen molar-refractivity contribution in [1.29, 1.82) is 0 Å². The molecule has 1 fully saturated rings. The van der Waals surface area contributed by atoms with Crippen molar-refractivity contribution in [3.05, 3.63) is 0 Å². The van der Waals surface area contributed by atoms with Gasteiger partial charge in [0.15, 0.2) is 0 Å². The highest BCUT2D eigenvalue weighted by molar-refractivity contribution is 7.99. The van der Waals surface area contributed by atoms with Gasteiger partial charge in [0.1, 0.15) is 0 Å². The van der Waals surface area contributed by atoms with E-state index >= 15 is 0 Å². The van der Waals surface area contributed by atoms with Gasteiger partial charge in [-0.05, 0) is 5.92 Å². The number of amides is 1. The number of aliphatic carboxylic acids is 1. The van der Waals surface area contributed by atoms with Crippen molar-refractivity contribution in [2.24, 2.45) is 5.92 Å². The van der Waals surface area contributed by atoms with Crippen LogP contribution >= 0.6 is 11.8 Å². The lowest BCUT2D eigenvalue weighted by Crippen LogP contribution is -2.43. The van der Waals surface area contributed by atoms with Crippen LogP contribution < -0.4 is 10.6 Å². The minimum atomic E-state index is -0.828. The molecule has 6 heteroatoms. The zero-order valence-corrected chi connectivity index (χ0v) is 9.47. The monoisotopic (exact) mass is 232 g/mol. The first kappa shape index (κ1) is 12.3. The molecule has 0 aromatic carbocycles. The van der Waals surface area contributed by atoms with Gasteiger partial charge >= 0.3 is 5.97 Å². The van der Waals surface area contributed by atoms with Crippen LogP contribution in [-0.4, -0.2) is 41.2 Å². The summed E-state index contributed by atoms with van der Waals surface area (Å²) < 4.78 is 0. The molecular formula is C9H16N2O3S. The average molecular weight is 232 g/mol. The van der Waals surface area contributed by atoms with E-state index in [-0.39, 0.29) is 24.3 Å². The number of nitrogens with one attached hydrogen (secondary N) is 2. The molecular weight excluding hydrogens is 216 g/mol. The van der Waals surface area contributed by atoms with Gasteiger partial charge in [-0.25, -0.2) is 0 Å². The van der Waals surface area contributed by atoms with Gasteiger partial charge in [-0.1, -0.05) is 6.92 Å². The number of hydrogen-bond donors (Lipinski definition) is 3. The largest absolute Gasteiger partial charge is 0.481 e. The highest BCUT2D eigenvalue weighted by Crippen LogP contribution is 2.09. The Hall–Kier alpha value is -0.750. The molecule has 0 saturated carbocycles. The predicted octanol–water partition coefficient (Wildman–Crippen LogP) is -0.124. The number of carboxylic acid groups (broad SMARTS) is 1. The number of rotatable bonds is 5. The first-order valence-corrected chi connectivity index (χ1v) is 6.05. The van der Waals surface area contributed by atoms with Crippen molar-refractivity contribution in [1.82, 2.24) is 10.6 Å². The Kier molecular flexibility index (Phi) is 4.90. The van der Waals surface area contributed by atoms with Crippen molar-refractivity contribution in [2.75, 3.05) is 18.2 Å². The molecule has 0 spiro atoms. The summed E-state index contributed by atoms with van der Waals surface area (Å²) in [4.78, 5) is 21.9. The highest BCUT2D eigenvalue weighted by Gasteiger charge is 2.22. The molecule has 2 unspecified atom stereocenters. The van der Waals surface area contributed by atoms with Crippen molar-refractivity contribution >= 4 is 23.6 Å². The van der Waals surface area contributed by atoms with Crippen LogP contribution in [0.5, 0.6) is 0 Å². The van der Waals surface area contributed by atoms with Crippen LogP contribution in [0.4, 0.5) is 0 Å². The molecule has 5 nitrogen and oxygen atoms in total. The maximum atomic E-state index is 11.5. The van der Waals surface area contributed by atoms with Gasteiger partial charge in [0.05, 0.1) is 6.04 Å². The molecule has 0 radical (unpaired) electrons. The lowest BCUT2D eigenvalue weighted by molar-refractivity contribution is -0.138. The van der Waals surface area contributed by atoms with Crippen molar-refractivity contribution in [2.45, 2.75) is 19.4 Å². The Labute approximate surface area is 93.0 Å². The van der Waals surface area contributed by atoms with Gasteiger partial charge in [0.25, 0.3) is 0 Å². The number of carbonyl (C=O) groups excluding carboxylic acids is 1. The summed E-state index contributed by atoms with van der Waals surface area (Å²) in [6.45, 7) is 2.24. The van der Waals surface area contributed by atoms with Gasteiger partial charge in [0.2, 0.25) is 5.91 Å². The number of carboxylic acids is 1. The SMILES string of the molecule is CC(CNC(=O)C1CSCN1)CC(=O)O. The van der Waals surface area contributed by atoms with Crippen molar-refractivity contribution in [3.8, 4) is 0 Å². The van der Waals surface area contributed by atoms with Gasteiger partial charge in [-0.15, -0.1) is 11.8 Å². The molecule has 15 heavy (non-hydrogen) atoms. The van der Waals surface area contributed by atoms with E-state index < -0.39 is 5.97 Å². The fraction of sp³-hybridized carbons (Fsp3) is 0.778. The molecule has 86 valence electrons. The first-order chi connectivity index (χ1) is 7.09. The van der Waals surface area contributed by atoms with Crippen LogP contribution in [0.15, 0.2) is 0 Å². The zero-order chi connectivity index (χ0) is 11.3. The minimum Gasteiger partial charge on any atom is -0.481 e. The Balaban J connectivity index is 2.18. The molecule has 1 rings (SSSR count). The van der Waals surface area contributed by atoms with E-state index in [9.17, 15) is 9.59 Å². The van der Waals surface area contributed by atoms with Crippen molar-refractivity contribution in [3.63, 3.8) is 0 Å². The minimum absolute atomic E-state index is 0.0273. The third kappa shape index (κ3) is 4.53. The number of hydrogen-bond acceptors (Lipinski definition) is 4. The van der Waals surface area contributed by atoms with Gasteiger partial charge in [0, 0.05) is 24.6 Å². The van der Waals surface area contributed by atoms with Gasteiger partial charge in [-0.3, -0.25) is 14.9 Å². The first-order valence-electron chi connectivity index (χ1n) is 4.90. The Morgan fingerprint density at radius 3 is 2.93 bits per heavy atom. The molecule has 1 amide bonds. The van der Waals surface area contributed by atoms with E-state index in [1.165, 1.54) is 0 Å². The molecule has 0 aliphatic carbocycles. The van der Waals surface area contributed by atoms with E-state index in [1.807, 2.05) is 6.92 Å².